The Balaban J connectivity index is 0.000000224. The maximum Gasteiger partial charge on any atom is 0.316 e. The summed E-state index contributed by atoms with van der Waals surface area (Å²) in [4.78, 5) is 8.05. The highest BCUT2D eigenvalue weighted by Gasteiger charge is 1.93. The van der Waals surface area contributed by atoms with Crippen LogP contribution in [0, 0.1) is 0 Å². The predicted molar refractivity (Wildman–Crippen MR) is 79.3 cm³/mol. The number of benzene rings is 2. The first-order chi connectivity index (χ1) is 9.09. The van der Waals surface area contributed by atoms with E-state index < -0.39 is 8.25 Å². The van der Waals surface area contributed by atoms with Gasteiger partial charge in [-0.2, -0.15) is 0 Å². The van der Waals surface area contributed by atoms with E-state index in [2.05, 4.69) is 53.1 Å². The number of hydrogen-bond donors (Lipinski definition) is 1. The smallest absolute Gasteiger partial charge is 0.316 e. The average Bonchev–Trinajstić information content (AvgIpc) is 2.40. The largest absolute Gasteiger partial charge is 0.326 e. The average molecular weight is 278 g/mol. The molecular formula is C15H19O3P. The van der Waals surface area contributed by atoms with Crippen molar-refractivity contribution < 1.29 is 14.0 Å². The Kier molecular flexibility index (Phi) is 7.12. The van der Waals surface area contributed by atoms with Gasteiger partial charge in [0.2, 0.25) is 0 Å². The summed E-state index contributed by atoms with van der Waals surface area (Å²) in [5.41, 5.74) is 2.55. The molecule has 0 amide bonds. The molecule has 0 saturated carbocycles. The van der Waals surface area contributed by atoms with Crippen LogP contribution in [0.15, 0.2) is 60.7 Å². The third-order valence-electron chi connectivity index (χ3n) is 2.22. The van der Waals surface area contributed by atoms with E-state index in [1.165, 1.54) is 11.1 Å². The number of rotatable bonds is 3. The minimum Gasteiger partial charge on any atom is -0.326 e. The van der Waals surface area contributed by atoms with Crippen LogP contribution in [0.1, 0.15) is 13.8 Å². The second-order valence-corrected chi connectivity index (χ2v) is 4.93. The summed E-state index contributed by atoms with van der Waals surface area (Å²) in [6.45, 7) is 3.41. The van der Waals surface area contributed by atoms with E-state index in [4.69, 9.17) is 4.89 Å². The Bertz CT molecular complexity index is 446. The molecule has 4 heteroatoms. The van der Waals surface area contributed by atoms with Gasteiger partial charge in [0, 0.05) is 0 Å². The van der Waals surface area contributed by atoms with Crippen LogP contribution in [-0.4, -0.2) is 11.0 Å². The van der Waals surface area contributed by atoms with Gasteiger partial charge in [-0.05, 0) is 25.0 Å². The lowest BCUT2D eigenvalue weighted by Crippen LogP contribution is -1.92. The van der Waals surface area contributed by atoms with Crippen LogP contribution in [0.5, 0.6) is 0 Å². The van der Waals surface area contributed by atoms with Gasteiger partial charge in [0.25, 0.3) is 0 Å². The van der Waals surface area contributed by atoms with Crippen molar-refractivity contribution in [1.29, 1.82) is 0 Å². The van der Waals surface area contributed by atoms with E-state index in [-0.39, 0.29) is 6.10 Å². The van der Waals surface area contributed by atoms with Gasteiger partial charge in [-0.15, -0.1) is 0 Å². The van der Waals surface area contributed by atoms with E-state index in [1.807, 2.05) is 12.1 Å². The molecule has 0 bridgehead atoms. The molecule has 102 valence electrons. The van der Waals surface area contributed by atoms with E-state index in [1.54, 1.807) is 13.8 Å². The van der Waals surface area contributed by atoms with Crippen molar-refractivity contribution in [1.82, 2.24) is 0 Å². The summed E-state index contributed by atoms with van der Waals surface area (Å²) in [5.74, 6) is 0. The molecule has 0 aliphatic carbocycles. The molecule has 0 aliphatic rings. The molecule has 0 heterocycles. The Morgan fingerprint density at radius 1 is 0.895 bits per heavy atom. The molecule has 0 saturated heterocycles. The molecule has 1 unspecified atom stereocenters. The van der Waals surface area contributed by atoms with Crippen LogP contribution in [0.3, 0.4) is 0 Å². The van der Waals surface area contributed by atoms with Gasteiger partial charge in [-0.1, -0.05) is 60.7 Å². The molecule has 19 heavy (non-hydrogen) atoms. The lowest BCUT2D eigenvalue weighted by Gasteiger charge is -1.99. The third kappa shape index (κ3) is 6.92. The van der Waals surface area contributed by atoms with Gasteiger partial charge in [0.15, 0.2) is 0 Å². The monoisotopic (exact) mass is 278 g/mol. The zero-order chi connectivity index (χ0) is 14.1. The van der Waals surface area contributed by atoms with E-state index >= 15 is 0 Å². The molecule has 2 aromatic rings. The zero-order valence-corrected chi connectivity index (χ0v) is 12.1. The lowest BCUT2D eigenvalue weighted by atomic mass is 10.1. The normalized spacial score (nSPS) is 11.6. The second-order valence-electron chi connectivity index (χ2n) is 4.16. The summed E-state index contributed by atoms with van der Waals surface area (Å²) in [6, 6.07) is 20.8. The zero-order valence-electron chi connectivity index (χ0n) is 11.1. The van der Waals surface area contributed by atoms with Crippen molar-refractivity contribution in [2.75, 3.05) is 0 Å². The summed E-state index contributed by atoms with van der Waals surface area (Å²) >= 11 is 0. The van der Waals surface area contributed by atoms with Gasteiger partial charge in [-0.25, -0.2) is 0 Å². The first-order valence-electron chi connectivity index (χ1n) is 6.09. The van der Waals surface area contributed by atoms with Crippen molar-refractivity contribution in [2.24, 2.45) is 0 Å². The van der Waals surface area contributed by atoms with Crippen LogP contribution in [0.4, 0.5) is 0 Å². The standard InChI is InChI=1S/C12H10.C3H9O3P/c1-3-7-11(8-4-1)12-9-5-2-6-10-12;1-3(2)6-7(4)5/h1-10H;3,7H,1-2H3,(H,4,5). The highest BCUT2D eigenvalue weighted by Crippen LogP contribution is 2.17. The third-order valence-corrected chi connectivity index (χ3v) is 2.89. The molecular weight excluding hydrogens is 259 g/mol. The molecule has 2 rings (SSSR count). The summed E-state index contributed by atoms with van der Waals surface area (Å²) < 4.78 is 14.1. The molecule has 0 fully saturated rings. The van der Waals surface area contributed by atoms with E-state index in [0.29, 0.717) is 0 Å². The van der Waals surface area contributed by atoms with Crippen molar-refractivity contribution in [3.05, 3.63) is 60.7 Å². The summed E-state index contributed by atoms with van der Waals surface area (Å²) in [7, 11) is -2.68. The van der Waals surface area contributed by atoms with Crippen molar-refractivity contribution >= 4 is 8.25 Å². The molecule has 0 spiro atoms. The molecule has 0 aliphatic heterocycles. The first kappa shape index (κ1) is 15.6. The maximum absolute atomic E-state index is 9.77. The summed E-state index contributed by atoms with van der Waals surface area (Å²) in [5, 5.41) is 0. The first-order valence-corrected chi connectivity index (χ1v) is 7.36. The van der Waals surface area contributed by atoms with E-state index in [0.717, 1.165) is 0 Å². The fourth-order valence-electron chi connectivity index (χ4n) is 1.46. The Hall–Kier alpha value is -1.41. The fraction of sp³-hybridized carbons (Fsp3) is 0.200. The molecule has 0 radical (unpaired) electrons. The Morgan fingerprint density at radius 3 is 1.47 bits per heavy atom. The molecule has 1 atom stereocenters. The van der Waals surface area contributed by atoms with E-state index in [9.17, 15) is 4.57 Å². The molecule has 0 aromatic heterocycles. The number of hydrogen-bond acceptors (Lipinski definition) is 2. The van der Waals surface area contributed by atoms with Gasteiger partial charge in [0.05, 0.1) is 6.10 Å². The maximum atomic E-state index is 9.77. The van der Waals surface area contributed by atoms with Crippen molar-refractivity contribution in [3.8, 4) is 11.1 Å². The Labute approximate surface area is 114 Å². The second kappa shape index (κ2) is 8.65. The van der Waals surface area contributed by atoms with Crippen LogP contribution in [0.2, 0.25) is 0 Å². The highest BCUT2D eigenvalue weighted by atomic mass is 31.1. The van der Waals surface area contributed by atoms with Crippen molar-refractivity contribution in [2.45, 2.75) is 20.0 Å². The highest BCUT2D eigenvalue weighted by molar-refractivity contribution is 7.32. The summed E-state index contributed by atoms with van der Waals surface area (Å²) in [6.07, 6.45) is -0.142. The molecule has 1 N–H and O–H groups in total. The van der Waals surface area contributed by atoms with Crippen LogP contribution < -0.4 is 0 Å². The quantitative estimate of drug-likeness (QED) is 0.858. The predicted octanol–water partition coefficient (Wildman–Crippen LogP) is 4.15. The SMILES string of the molecule is CC(C)O[PH](=O)O.c1ccc(-c2ccccc2)cc1. The van der Waals surface area contributed by atoms with Crippen LogP contribution >= 0.6 is 8.25 Å². The van der Waals surface area contributed by atoms with Crippen molar-refractivity contribution in [3.63, 3.8) is 0 Å². The van der Waals surface area contributed by atoms with Crippen LogP contribution in [0.25, 0.3) is 11.1 Å². The fourth-order valence-corrected chi connectivity index (χ4v) is 1.87. The van der Waals surface area contributed by atoms with Gasteiger partial charge in [-0.3, -0.25) is 4.57 Å². The topological polar surface area (TPSA) is 46.5 Å². The minimum atomic E-state index is -2.68. The lowest BCUT2D eigenvalue weighted by molar-refractivity contribution is 0.222. The Morgan fingerprint density at radius 2 is 1.26 bits per heavy atom. The minimum absolute atomic E-state index is 0.142. The van der Waals surface area contributed by atoms with Gasteiger partial charge in [0.1, 0.15) is 0 Å². The molecule has 2 aromatic carbocycles. The van der Waals surface area contributed by atoms with Gasteiger partial charge < -0.3 is 9.42 Å². The van der Waals surface area contributed by atoms with Gasteiger partial charge >= 0.3 is 8.25 Å². The van der Waals surface area contributed by atoms with Crippen LogP contribution in [-0.2, 0) is 9.09 Å². The molecule has 3 nitrogen and oxygen atoms in total.